The fraction of sp³-hybridized carbons (Fsp3) is 0.250. The number of hydrogen-bond donors (Lipinski definition) is 1. The van der Waals surface area contributed by atoms with Crippen LogP contribution in [0.4, 0.5) is 0 Å². The van der Waals surface area contributed by atoms with Crippen molar-refractivity contribution < 1.29 is 0 Å². The van der Waals surface area contributed by atoms with Gasteiger partial charge in [0, 0.05) is 16.8 Å². The van der Waals surface area contributed by atoms with Gasteiger partial charge < -0.3 is 10.3 Å². The molecule has 0 fully saturated rings. The molecule has 1 unspecified atom stereocenters. The summed E-state index contributed by atoms with van der Waals surface area (Å²) in [6.45, 7) is 0. The molecule has 2 aromatic rings. The smallest absolute Gasteiger partial charge is 0.0946 e. The molecule has 0 aliphatic carbocycles. The standard InChI is InChI=1S/C12H14IN3/c1-16-8-15-7-12(16)11(14)6-9-2-4-10(13)5-3-9/h2-5,7-8,11H,6,14H2,1H3. The summed E-state index contributed by atoms with van der Waals surface area (Å²) in [5.41, 5.74) is 8.47. The summed E-state index contributed by atoms with van der Waals surface area (Å²) < 4.78 is 3.22. The van der Waals surface area contributed by atoms with Gasteiger partial charge in [-0.05, 0) is 46.7 Å². The minimum Gasteiger partial charge on any atom is -0.336 e. The fourth-order valence-corrected chi connectivity index (χ4v) is 2.06. The van der Waals surface area contributed by atoms with E-state index in [0.29, 0.717) is 0 Å². The van der Waals surface area contributed by atoms with Gasteiger partial charge in [-0.25, -0.2) is 4.98 Å². The molecule has 1 atom stereocenters. The van der Waals surface area contributed by atoms with Crippen molar-refractivity contribution in [3.8, 4) is 0 Å². The molecule has 0 amide bonds. The van der Waals surface area contributed by atoms with Gasteiger partial charge in [-0.1, -0.05) is 12.1 Å². The number of nitrogens with two attached hydrogens (primary N) is 1. The third-order valence-electron chi connectivity index (χ3n) is 2.60. The Morgan fingerprint density at radius 2 is 2.06 bits per heavy atom. The van der Waals surface area contributed by atoms with Crippen LogP contribution in [0.5, 0.6) is 0 Å². The summed E-state index contributed by atoms with van der Waals surface area (Å²) in [7, 11) is 1.97. The summed E-state index contributed by atoms with van der Waals surface area (Å²) in [6, 6.07) is 8.46. The van der Waals surface area contributed by atoms with E-state index in [-0.39, 0.29) is 6.04 Å². The Bertz CT molecular complexity index is 461. The monoisotopic (exact) mass is 327 g/mol. The highest BCUT2D eigenvalue weighted by Crippen LogP contribution is 2.16. The Kier molecular flexibility index (Phi) is 3.60. The van der Waals surface area contributed by atoms with Crippen LogP contribution in [0.15, 0.2) is 36.8 Å². The van der Waals surface area contributed by atoms with Gasteiger partial charge in [0.25, 0.3) is 0 Å². The summed E-state index contributed by atoms with van der Waals surface area (Å²) >= 11 is 2.30. The Hall–Kier alpha value is -0.880. The van der Waals surface area contributed by atoms with E-state index in [1.54, 1.807) is 6.33 Å². The number of halogens is 1. The second kappa shape index (κ2) is 4.97. The Balaban J connectivity index is 2.10. The van der Waals surface area contributed by atoms with Crippen molar-refractivity contribution in [3.05, 3.63) is 51.6 Å². The number of nitrogens with zero attached hydrogens (tertiary/aromatic N) is 2. The number of aromatic nitrogens is 2. The van der Waals surface area contributed by atoms with Crippen LogP contribution in [-0.2, 0) is 13.5 Å². The van der Waals surface area contributed by atoms with Crippen LogP contribution in [0.1, 0.15) is 17.3 Å². The van der Waals surface area contributed by atoms with Gasteiger partial charge in [-0.15, -0.1) is 0 Å². The Labute approximate surface area is 109 Å². The zero-order valence-corrected chi connectivity index (χ0v) is 11.3. The van der Waals surface area contributed by atoms with Crippen molar-refractivity contribution in [3.63, 3.8) is 0 Å². The lowest BCUT2D eigenvalue weighted by Gasteiger charge is -2.12. The lowest BCUT2D eigenvalue weighted by molar-refractivity contribution is 0.656. The SMILES string of the molecule is Cn1cncc1C(N)Cc1ccc(I)cc1. The first kappa shape index (κ1) is 11.6. The molecule has 4 heteroatoms. The highest BCUT2D eigenvalue weighted by molar-refractivity contribution is 14.1. The molecule has 2 N–H and O–H groups in total. The van der Waals surface area contributed by atoms with Crippen LogP contribution in [0.25, 0.3) is 0 Å². The molecule has 2 rings (SSSR count). The van der Waals surface area contributed by atoms with Gasteiger partial charge in [0.2, 0.25) is 0 Å². The predicted octanol–water partition coefficient (Wildman–Crippen LogP) is 2.27. The minimum atomic E-state index is 0.00700. The average molecular weight is 327 g/mol. The maximum absolute atomic E-state index is 6.15. The summed E-state index contributed by atoms with van der Waals surface area (Å²) in [6.07, 6.45) is 4.46. The zero-order chi connectivity index (χ0) is 11.5. The van der Waals surface area contributed by atoms with Crippen LogP contribution in [0, 0.1) is 3.57 Å². The van der Waals surface area contributed by atoms with E-state index in [9.17, 15) is 0 Å². The minimum absolute atomic E-state index is 0.00700. The van der Waals surface area contributed by atoms with Crippen molar-refractivity contribution in [2.24, 2.45) is 12.8 Å². The topological polar surface area (TPSA) is 43.8 Å². The molecule has 1 aromatic heterocycles. The largest absolute Gasteiger partial charge is 0.336 e. The second-order valence-electron chi connectivity index (χ2n) is 3.87. The average Bonchev–Trinajstić information content (AvgIpc) is 2.68. The molecular weight excluding hydrogens is 313 g/mol. The maximum atomic E-state index is 6.15. The van der Waals surface area contributed by atoms with Crippen LogP contribution < -0.4 is 5.73 Å². The van der Waals surface area contributed by atoms with Gasteiger partial charge in [0.05, 0.1) is 18.1 Å². The molecule has 0 saturated heterocycles. The molecule has 0 bridgehead atoms. The van der Waals surface area contributed by atoms with Crippen LogP contribution >= 0.6 is 22.6 Å². The molecule has 0 saturated carbocycles. The maximum Gasteiger partial charge on any atom is 0.0946 e. The summed E-state index contributed by atoms with van der Waals surface area (Å²) in [4.78, 5) is 4.08. The molecule has 0 aliphatic rings. The van der Waals surface area contributed by atoms with Crippen molar-refractivity contribution in [2.45, 2.75) is 12.5 Å². The quantitative estimate of drug-likeness (QED) is 0.879. The first-order valence-electron chi connectivity index (χ1n) is 5.13. The molecule has 0 spiro atoms. The normalized spacial score (nSPS) is 12.7. The van der Waals surface area contributed by atoms with Gasteiger partial charge >= 0.3 is 0 Å². The first-order chi connectivity index (χ1) is 7.66. The molecule has 0 radical (unpaired) electrons. The predicted molar refractivity (Wildman–Crippen MR) is 73.0 cm³/mol. The van der Waals surface area contributed by atoms with Crippen molar-refractivity contribution in [1.29, 1.82) is 0 Å². The van der Waals surface area contributed by atoms with Gasteiger partial charge in [0.1, 0.15) is 0 Å². The van der Waals surface area contributed by atoms with E-state index in [2.05, 4.69) is 51.8 Å². The van der Waals surface area contributed by atoms with Crippen LogP contribution in [0.3, 0.4) is 0 Å². The van der Waals surface area contributed by atoms with E-state index in [1.807, 2.05) is 17.8 Å². The van der Waals surface area contributed by atoms with Crippen molar-refractivity contribution in [2.75, 3.05) is 0 Å². The molecule has 0 aliphatic heterocycles. The van der Waals surface area contributed by atoms with Crippen LogP contribution in [-0.4, -0.2) is 9.55 Å². The van der Waals surface area contributed by atoms with Crippen molar-refractivity contribution in [1.82, 2.24) is 9.55 Å². The highest BCUT2D eigenvalue weighted by atomic mass is 127. The third kappa shape index (κ3) is 2.62. The molecule has 1 aromatic carbocycles. The lowest BCUT2D eigenvalue weighted by atomic mass is 10.0. The van der Waals surface area contributed by atoms with Crippen LogP contribution in [0.2, 0.25) is 0 Å². The van der Waals surface area contributed by atoms with Gasteiger partial charge in [0.15, 0.2) is 0 Å². The fourth-order valence-electron chi connectivity index (χ4n) is 1.70. The Morgan fingerprint density at radius 3 is 2.62 bits per heavy atom. The van der Waals surface area contributed by atoms with E-state index in [1.165, 1.54) is 9.13 Å². The summed E-state index contributed by atoms with van der Waals surface area (Å²) in [5, 5.41) is 0. The number of benzene rings is 1. The van der Waals surface area contributed by atoms with E-state index in [0.717, 1.165) is 12.1 Å². The van der Waals surface area contributed by atoms with E-state index in [4.69, 9.17) is 5.73 Å². The second-order valence-corrected chi connectivity index (χ2v) is 5.11. The highest BCUT2D eigenvalue weighted by Gasteiger charge is 2.10. The molecule has 3 nitrogen and oxygen atoms in total. The number of hydrogen-bond acceptors (Lipinski definition) is 2. The number of rotatable bonds is 3. The molecular formula is C12H14IN3. The first-order valence-corrected chi connectivity index (χ1v) is 6.21. The Morgan fingerprint density at radius 1 is 1.38 bits per heavy atom. The van der Waals surface area contributed by atoms with E-state index >= 15 is 0 Å². The van der Waals surface area contributed by atoms with Gasteiger partial charge in [-0.3, -0.25) is 0 Å². The van der Waals surface area contributed by atoms with Crippen molar-refractivity contribution >= 4 is 22.6 Å². The summed E-state index contributed by atoms with van der Waals surface area (Å²) in [5.74, 6) is 0. The molecule has 84 valence electrons. The number of imidazole rings is 1. The molecule has 16 heavy (non-hydrogen) atoms. The van der Waals surface area contributed by atoms with Gasteiger partial charge in [-0.2, -0.15) is 0 Å². The van der Waals surface area contributed by atoms with E-state index < -0.39 is 0 Å². The third-order valence-corrected chi connectivity index (χ3v) is 3.32. The number of aryl methyl sites for hydroxylation is 1. The molecule has 1 heterocycles. The lowest BCUT2D eigenvalue weighted by Crippen LogP contribution is -2.16. The zero-order valence-electron chi connectivity index (χ0n) is 9.10.